The molecule has 1 aromatic heterocycles. The van der Waals surface area contributed by atoms with E-state index in [4.69, 9.17) is 9.26 Å². The number of aromatic nitrogens is 2. The fraction of sp³-hybridized carbons (Fsp3) is 0.429. The maximum absolute atomic E-state index is 5.69. The van der Waals surface area contributed by atoms with Gasteiger partial charge in [0.2, 0.25) is 11.7 Å². The molecule has 1 saturated heterocycles. The van der Waals surface area contributed by atoms with Gasteiger partial charge in [-0.25, -0.2) is 0 Å². The number of benzene rings is 1. The number of morpholine rings is 1. The molecule has 0 radical (unpaired) electrons. The van der Waals surface area contributed by atoms with Crippen LogP contribution < -0.4 is 0 Å². The van der Waals surface area contributed by atoms with Crippen molar-refractivity contribution in [2.75, 3.05) is 26.7 Å². The summed E-state index contributed by atoms with van der Waals surface area (Å²) in [6.07, 6.45) is 0.530. The predicted octanol–water partition coefficient (Wildman–Crippen LogP) is 2.43. The number of ether oxygens (including phenoxy) is 1. The van der Waals surface area contributed by atoms with E-state index in [1.807, 2.05) is 24.3 Å². The Morgan fingerprint density at radius 2 is 2.25 bits per heavy atom. The van der Waals surface area contributed by atoms with Crippen LogP contribution in [0.25, 0.3) is 0 Å². The van der Waals surface area contributed by atoms with E-state index in [-0.39, 0.29) is 6.10 Å². The molecule has 1 aliphatic heterocycles. The van der Waals surface area contributed by atoms with Crippen molar-refractivity contribution in [3.05, 3.63) is 46.0 Å². The largest absolute Gasteiger partial charge is 0.367 e. The molecule has 0 unspecified atom stereocenters. The van der Waals surface area contributed by atoms with E-state index < -0.39 is 0 Å². The first kappa shape index (κ1) is 13.7. The van der Waals surface area contributed by atoms with Gasteiger partial charge in [-0.3, -0.25) is 0 Å². The van der Waals surface area contributed by atoms with Gasteiger partial charge in [0.15, 0.2) is 0 Å². The zero-order valence-corrected chi connectivity index (χ0v) is 12.8. The molecule has 0 amide bonds. The van der Waals surface area contributed by atoms with Crippen molar-refractivity contribution in [2.45, 2.75) is 12.5 Å². The number of hydrogen-bond acceptors (Lipinski definition) is 5. The van der Waals surface area contributed by atoms with Crippen LogP contribution in [-0.2, 0) is 11.2 Å². The van der Waals surface area contributed by atoms with Crippen LogP contribution in [0.2, 0.25) is 0 Å². The summed E-state index contributed by atoms with van der Waals surface area (Å²) in [7, 11) is 2.07. The molecular formula is C14H16BrN3O2. The molecule has 1 fully saturated rings. The zero-order valence-electron chi connectivity index (χ0n) is 11.3. The van der Waals surface area contributed by atoms with Crippen LogP contribution in [0, 0.1) is 0 Å². The molecule has 0 aliphatic carbocycles. The molecule has 1 aliphatic rings. The highest BCUT2D eigenvalue weighted by molar-refractivity contribution is 9.10. The first-order valence-corrected chi connectivity index (χ1v) is 7.37. The molecule has 20 heavy (non-hydrogen) atoms. The summed E-state index contributed by atoms with van der Waals surface area (Å²) >= 11 is 3.52. The van der Waals surface area contributed by atoms with E-state index in [0.717, 1.165) is 23.1 Å². The highest BCUT2D eigenvalue weighted by Gasteiger charge is 2.24. The predicted molar refractivity (Wildman–Crippen MR) is 77.4 cm³/mol. The first-order chi connectivity index (χ1) is 9.72. The van der Waals surface area contributed by atoms with Crippen LogP contribution in [0.4, 0.5) is 0 Å². The molecule has 5 nitrogen and oxygen atoms in total. The van der Waals surface area contributed by atoms with Crippen LogP contribution in [0.3, 0.4) is 0 Å². The van der Waals surface area contributed by atoms with Crippen molar-refractivity contribution in [3.8, 4) is 0 Å². The zero-order chi connectivity index (χ0) is 13.9. The maximum atomic E-state index is 5.69. The number of rotatable bonds is 3. The quantitative estimate of drug-likeness (QED) is 0.860. The van der Waals surface area contributed by atoms with Crippen molar-refractivity contribution >= 4 is 15.9 Å². The highest BCUT2D eigenvalue weighted by Crippen LogP contribution is 2.22. The first-order valence-electron chi connectivity index (χ1n) is 6.58. The normalized spacial score (nSPS) is 20.2. The fourth-order valence-corrected chi connectivity index (χ4v) is 2.63. The second-order valence-corrected chi connectivity index (χ2v) is 5.79. The van der Waals surface area contributed by atoms with Crippen molar-refractivity contribution in [2.24, 2.45) is 0 Å². The molecule has 3 rings (SSSR count). The third kappa shape index (κ3) is 3.08. The molecule has 0 bridgehead atoms. The Bertz CT molecular complexity index is 587. The van der Waals surface area contributed by atoms with E-state index in [0.29, 0.717) is 24.7 Å². The third-order valence-corrected chi connectivity index (χ3v) is 4.11. The summed E-state index contributed by atoms with van der Waals surface area (Å²) in [4.78, 5) is 6.66. The van der Waals surface area contributed by atoms with Crippen LogP contribution >= 0.6 is 15.9 Å². The Morgan fingerprint density at radius 3 is 3.05 bits per heavy atom. The standard InChI is InChI=1S/C14H16BrN3O2/c1-18-6-7-19-12(9-18)14-16-13(20-17-14)8-10-4-2-3-5-11(10)15/h2-5,12H,6-9H2,1H3/t12-/m1/s1. The Kier molecular flexibility index (Phi) is 4.14. The Hall–Kier alpha value is -1.24. The molecule has 6 heteroatoms. The van der Waals surface area contributed by atoms with Gasteiger partial charge in [-0.2, -0.15) is 4.98 Å². The second kappa shape index (κ2) is 6.03. The molecule has 0 N–H and O–H groups in total. The van der Waals surface area contributed by atoms with Gasteiger partial charge in [0.25, 0.3) is 0 Å². The minimum atomic E-state index is -0.0922. The van der Waals surface area contributed by atoms with Crippen molar-refractivity contribution in [3.63, 3.8) is 0 Å². The maximum Gasteiger partial charge on any atom is 0.231 e. The summed E-state index contributed by atoms with van der Waals surface area (Å²) in [5, 5.41) is 4.05. The van der Waals surface area contributed by atoms with Crippen molar-refractivity contribution in [1.29, 1.82) is 0 Å². The number of likely N-dealkylation sites (N-methyl/N-ethyl adjacent to an activating group) is 1. The van der Waals surface area contributed by atoms with Gasteiger partial charge < -0.3 is 14.2 Å². The lowest BCUT2D eigenvalue weighted by Gasteiger charge is -2.27. The van der Waals surface area contributed by atoms with Crippen LogP contribution in [-0.4, -0.2) is 41.8 Å². The average Bonchev–Trinajstić information content (AvgIpc) is 2.90. The Balaban J connectivity index is 1.72. The molecule has 106 valence electrons. The fourth-order valence-electron chi connectivity index (χ4n) is 2.21. The summed E-state index contributed by atoms with van der Waals surface area (Å²) in [5.74, 6) is 1.25. The van der Waals surface area contributed by atoms with Crippen LogP contribution in [0.15, 0.2) is 33.3 Å². The molecule has 0 spiro atoms. The number of halogens is 1. The Labute approximate surface area is 126 Å². The van der Waals surface area contributed by atoms with Crippen molar-refractivity contribution < 1.29 is 9.26 Å². The summed E-state index contributed by atoms with van der Waals surface area (Å²) < 4.78 is 12.1. The lowest BCUT2D eigenvalue weighted by Crippen LogP contribution is -2.35. The second-order valence-electron chi connectivity index (χ2n) is 4.94. The van der Waals surface area contributed by atoms with Gasteiger partial charge in [0.1, 0.15) is 6.10 Å². The summed E-state index contributed by atoms with van der Waals surface area (Å²) in [6, 6.07) is 8.03. The van der Waals surface area contributed by atoms with Crippen LogP contribution in [0.1, 0.15) is 23.4 Å². The van der Waals surface area contributed by atoms with Gasteiger partial charge in [-0.05, 0) is 18.7 Å². The van der Waals surface area contributed by atoms with E-state index in [1.54, 1.807) is 0 Å². The van der Waals surface area contributed by atoms with Gasteiger partial charge in [0, 0.05) is 17.6 Å². The molecule has 0 saturated carbocycles. The molecule has 1 aromatic carbocycles. The molecule has 2 heterocycles. The van der Waals surface area contributed by atoms with Gasteiger partial charge in [-0.1, -0.05) is 39.3 Å². The minimum absolute atomic E-state index is 0.0922. The lowest BCUT2D eigenvalue weighted by atomic mass is 10.1. The molecule has 2 aromatic rings. The highest BCUT2D eigenvalue weighted by atomic mass is 79.9. The summed E-state index contributed by atoms with van der Waals surface area (Å²) in [5.41, 5.74) is 1.13. The SMILES string of the molecule is CN1CCO[C@@H](c2noc(Cc3ccccc3Br)n2)C1. The number of hydrogen-bond donors (Lipinski definition) is 0. The van der Waals surface area contributed by atoms with E-state index in [1.165, 1.54) is 0 Å². The van der Waals surface area contributed by atoms with E-state index in [9.17, 15) is 0 Å². The molecular weight excluding hydrogens is 322 g/mol. The topological polar surface area (TPSA) is 51.4 Å². The molecule has 1 atom stereocenters. The van der Waals surface area contributed by atoms with E-state index >= 15 is 0 Å². The van der Waals surface area contributed by atoms with Crippen molar-refractivity contribution in [1.82, 2.24) is 15.0 Å². The number of nitrogens with zero attached hydrogens (tertiary/aromatic N) is 3. The average molecular weight is 338 g/mol. The van der Waals surface area contributed by atoms with Crippen LogP contribution in [0.5, 0.6) is 0 Å². The van der Waals surface area contributed by atoms with Gasteiger partial charge in [0.05, 0.1) is 13.0 Å². The Morgan fingerprint density at radius 1 is 1.40 bits per heavy atom. The lowest BCUT2D eigenvalue weighted by molar-refractivity contribution is -0.0264. The monoisotopic (exact) mass is 337 g/mol. The minimum Gasteiger partial charge on any atom is -0.367 e. The van der Waals surface area contributed by atoms with Gasteiger partial charge >= 0.3 is 0 Å². The van der Waals surface area contributed by atoms with E-state index in [2.05, 4.69) is 38.0 Å². The summed E-state index contributed by atoms with van der Waals surface area (Å²) in [6.45, 7) is 2.45. The van der Waals surface area contributed by atoms with Gasteiger partial charge in [-0.15, -0.1) is 0 Å². The third-order valence-electron chi connectivity index (χ3n) is 3.34. The smallest absolute Gasteiger partial charge is 0.231 e.